The number of piperidine rings is 1. The van der Waals surface area contributed by atoms with Crippen LogP contribution in [0.5, 0.6) is 11.5 Å². The largest absolute Gasteiger partial charge is 0.497 e. The molecule has 37 heavy (non-hydrogen) atoms. The van der Waals surface area contributed by atoms with Gasteiger partial charge in [-0.25, -0.2) is 4.98 Å². The summed E-state index contributed by atoms with van der Waals surface area (Å²) >= 11 is 0. The molecule has 188 valence electrons. The number of nitrogens with zero attached hydrogens (tertiary/aromatic N) is 2. The van der Waals surface area contributed by atoms with Crippen molar-refractivity contribution in [2.24, 2.45) is 0 Å². The van der Waals surface area contributed by atoms with Crippen molar-refractivity contribution in [3.63, 3.8) is 0 Å². The molecule has 0 radical (unpaired) electrons. The molecule has 4 aromatic rings. The molecular formula is C30H30N4O3. The third-order valence-corrected chi connectivity index (χ3v) is 7.25. The second-order valence-electron chi connectivity index (χ2n) is 9.50. The van der Waals surface area contributed by atoms with Crippen LogP contribution in [0.1, 0.15) is 36.7 Å². The number of nitrogens with one attached hydrogen (secondary N) is 2. The number of anilines is 1. The maximum absolute atomic E-state index is 13.5. The van der Waals surface area contributed by atoms with E-state index >= 15 is 0 Å². The number of aromatic amines is 1. The van der Waals surface area contributed by atoms with Crippen LogP contribution in [-0.2, 0) is 4.79 Å². The summed E-state index contributed by atoms with van der Waals surface area (Å²) in [6, 6.07) is 21.5. The first-order chi connectivity index (χ1) is 18.1. The van der Waals surface area contributed by atoms with E-state index in [1.807, 2.05) is 66.7 Å². The number of aromatic nitrogens is 2. The molecule has 1 amide bonds. The molecule has 0 aliphatic carbocycles. The normalized spacial score (nSPS) is 17.5. The van der Waals surface area contributed by atoms with Crippen LogP contribution in [-0.4, -0.2) is 53.6 Å². The lowest BCUT2D eigenvalue weighted by molar-refractivity contribution is -0.110. The number of H-pyrrole nitrogens is 1. The van der Waals surface area contributed by atoms with Gasteiger partial charge >= 0.3 is 0 Å². The molecule has 7 nitrogen and oxygen atoms in total. The molecule has 7 heteroatoms. The number of imidazole rings is 1. The van der Waals surface area contributed by atoms with E-state index in [4.69, 9.17) is 14.5 Å². The van der Waals surface area contributed by atoms with Crippen LogP contribution in [0, 0.1) is 0 Å². The first-order valence-electron chi connectivity index (χ1n) is 12.8. The molecule has 1 aromatic heterocycles. The minimum absolute atomic E-state index is 0.165. The zero-order valence-corrected chi connectivity index (χ0v) is 21.1. The van der Waals surface area contributed by atoms with Crippen molar-refractivity contribution in [2.75, 3.05) is 32.1 Å². The van der Waals surface area contributed by atoms with E-state index in [0.29, 0.717) is 17.1 Å². The summed E-state index contributed by atoms with van der Waals surface area (Å²) in [5, 5.41) is 3.04. The molecule has 0 saturated carbocycles. The van der Waals surface area contributed by atoms with Crippen molar-refractivity contribution in [3.8, 4) is 11.5 Å². The summed E-state index contributed by atoms with van der Waals surface area (Å²) in [7, 11) is 1.64. The number of carbonyl (C=O) groups excluding carboxylic acids is 1. The van der Waals surface area contributed by atoms with Gasteiger partial charge in [0, 0.05) is 29.9 Å². The van der Waals surface area contributed by atoms with Gasteiger partial charge in [0.15, 0.2) is 0 Å². The molecule has 2 aliphatic heterocycles. The van der Waals surface area contributed by atoms with Gasteiger partial charge in [-0.2, -0.15) is 0 Å². The monoisotopic (exact) mass is 494 g/mol. The molecule has 1 fully saturated rings. The number of ether oxygens (including phenoxy) is 2. The standard InChI is InChI=1S/C30H30N4O3/c1-3-34-15-13-20(14-16-34)37-22-11-12-24-23(18-22)28(30(35)33-24)27(19-7-6-8-21(17-19)36-2)29-31-25-9-4-5-10-26(25)32-29/h4-12,17-18,20H,3,13-16H2,1-2H3,(H,31,32)(H,33,35)/b28-27-. The predicted octanol–water partition coefficient (Wildman–Crippen LogP) is 5.35. The van der Waals surface area contributed by atoms with Crippen LogP contribution in [0.15, 0.2) is 66.7 Å². The van der Waals surface area contributed by atoms with E-state index in [2.05, 4.69) is 22.1 Å². The van der Waals surface area contributed by atoms with Gasteiger partial charge < -0.3 is 24.7 Å². The summed E-state index contributed by atoms with van der Waals surface area (Å²) in [6.45, 7) is 5.36. The molecule has 3 aromatic carbocycles. The number of likely N-dealkylation sites (tertiary alicyclic amines) is 1. The molecule has 2 N–H and O–H groups in total. The number of benzene rings is 3. The third-order valence-electron chi connectivity index (χ3n) is 7.25. The Morgan fingerprint density at radius 1 is 1.03 bits per heavy atom. The Balaban J connectivity index is 1.46. The highest BCUT2D eigenvalue weighted by molar-refractivity contribution is 6.38. The molecule has 0 atom stereocenters. The fraction of sp³-hybridized carbons (Fsp3) is 0.267. The van der Waals surface area contributed by atoms with Gasteiger partial charge in [-0.05, 0) is 67.4 Å². The highest BCUT2D eigenvalue weighted by Crippen LogP contribution is 2.42. The average molecular weight is 495 g/mol. The van der Waals surface area contributed by atoms with Crippen molar-refractivity contribution in [2.45, 2.75) is 25.9 Å². The molecule has 0 unspecified atom stereocenters. The van der Waals surface area contributed by atoms with E-state index in [1.54, 1.807) is 7.11 Å². The van der Waals surface area contributed by atoms with Crippen molar-refractivity contribution >= 4 is 33.8 Å². The number of hydrogen-bond donors (Lipinski definition) is 2. The van der Waals surface area contributed by atoms with Crippen molar-refractivity contribution < 1.29 is 14.3 Å². The molecule has 1 saturated heterocycles. The Hall–Kier alpha value is -4.10. The lowest BCUT2D eigenvalue weighted by Crippen LogP contribution is -2.37. The fourth-order valence-corrected chi connectivity index (χ4v) is 5.25. The smallest absolute Gasteiger partial charge is 0.257 e. The number of carbonyl (C=O) groups is 1. The van der Waals surface area contributed by atoms with E-state index < -0.39 is 0 Å². The maximum atomic E-state index is 13.5. The van der Waals surface area contributed by atoms with Gasteiger partial charge in [-0.3, -0.25) is 4.79 Å². The number of amides is 1. The van der Waals surface area contributed by atoms with Gasteiger partial charge in [0.25, 0.3) is 5.91 Å². The quantitative estimate of drug-likeness (QED) is 0.354. The predicted molar refractivity (Wildman–Crippen MR) is 146 cm³/mol. The van der Waals surface area contributed by atoms with Crippen LogP contribution < -0.4 is 14.8 Å². The van der Waals surface area contributed by atoms with Crippen LogP contribution in [0.2, 0.25) is 0 Å². The number of rotatable bonds is 6. The van der Waals surface area contributed by atoms with E-state index in [-0.39, 0.29) is 12.0 Å². The number of hydrogen-bond acceptors (Lipinski definition) is 5. The first kappa shape index (κ1) is 23.3. The Morgan fingerprint density at radius 3 is 2.65 bits per heavy atom. The van der Waals surface area contributed by atoms with Gasteiger partial charge in [0.05, 0.1) is 23.7 Å². The fourth-order valence-electron chi connectivity index (χ4n) is 5.25. The van der Waals surface area contributed by atoms with Crippen LogP contribution >= 0.6 is 0 Å². The summed E-state index contributed by atoms with van der Waals surface area (Å²) in [4.78, 5) is 24.2. The van der Waals surface area contributed by atoms with Crippen LogP contribution in [0.25, 0.3) is 22.2 Å². The van der Waals surface area contributed by atoms with Gasteiger partial charge in [-0.15, -0.1) is 0 Å². The molecule has 6 rings (SSSR count). The third kappa shape index (κ3) is 4.47. The lowest BCUT2D eigenvalue weighted by atomic mass is 9.94. The molecule has 2 aliphatic rings. The second kappa shape index (κ2) is 9.75. The highest BCUT2D eigenvalue weighted by atomic mass is 16.5. The number of para-hydroxylation sites is 2. The topological polar surface area (TPSA) is 79.5 Å². The maximum Gasteiger partial charge on any atom is 0.257 e. The summed E-state index contributed by atoms with van der Waals surface area (Å²) in [5.74, 6) is 1.95. The van der Waals surface area contributed by atoms with E-state index in [1.165, 1.54) is 0 Å². The van der Waals surface area contributed by atoms with Crippen molar-refractivity contribution in [1.29, 1.82) is 0 Å². The van der Waals surface area contributed by atoms with Gasteiger partial charge in [0.2, 0.25) is 0 Å². The van der Waals surface area contributed by atoms with E-state index in [0.717, 1.165) is 71.6 Å². The minimum Gasteiger partial charge on any atom is -0.497 e. The second-order valence-corrected chi connectivity index (χ2v) is 9.50. The zero-order chi connectivity index (χ0) is 25.4. The molecule has 3 heterocycles. The SMILES string of the molecule is CCN1CCC(Oc2ccc3c(c2)/C(=C(\c2cccc(OC)c2)c2nc4ccccc4[nH]2)C(=O)N3)CC1. The summed E-state index contributed by atoms with van der Waals surface area (Å²) < 4.78 is 11.9. The van der Waals surface area contributed by atoms with Crippen molar-refractivity contribution in [3.05, 3.63) is 83.7 Å². The minimum atomic E-state index is -0.165. The van der Waals surface area contributed by atoms with Crippen LogP contribution in [0.4, 0.5) is 5.69 Å². The Kier molecular flexibility index (Phi) is 6.14. The Labute approximate surface area is 216 Å². The van der Waals surface area contributed by atoms with Gasteiger partial charge in [-0.1, -0.05) is 31.2 Å². The van der Waals surface area contributed by atoms with Crippen molar-refractivity contribution in [1.82, 2.24) is 14.9 Å². The number of methoxy groups -OCH3 is 1. The average Bonchev–Trinajstić information content (AvgIpc) is 3.50. The molecular weight excluding hydrogens is 464 g/mol. The van der Waals surface area contributed by atoms with Crippen LogP contribution in [0.3, 0.4) is 0 Å². The summed E-state index contributed by atoms with van der Waals surface area (Å²) in [6.07, 6.45) is 2.17. The zero-order valence-electron chi connectivity index (χ0n) is 21.1. The summed E-state index contributed by atoms with van der Waals surface area (Å²) in [5.41, 5.74) is 5.46. The molecule has 0 spiro atoms. The molecule has 0 bridgehead atoms. The van der Waals surface area contributed by atoms with Gasteiger partial charge in [0.1, 0.15) is 23.4 Å². The Bertz CT molecular complexity index is 1460. The number of fused-ring (bicyclic) bond motifs is 2. The first-order valence-corrected chi connectivity index (χ1v) is 12.8. The Morgan fingerprint density at radius 2 is 1.86 bits per heavy atom. The lowest BCUT2D eigenvalue weighted by Gasteiger charge is -2.31. The highest BCUT2D eigenvalue weighted by Gasteiger charge is 2.31. The van der Waals surface area contributed by atoms with E-state index in [9.17, 15) is 4.79 Å².